The molecule has 4 nitrogen and oxygen atoms in total. The van der Waals surface area contributed by atoms with Crippen LogP contribution in [0.5, 0.6) is 5.75 Å². The van der Waals surface area contributed by atoms with Crippen LogP contribution in [0.3, 0.4) is 0 Å². The molecule has 0 saturated carbocycles. The first-order chi connectivity index (χ1) is 7.00. The number of alkyl halides is 2. The Morgan fingerprint density at radius 2 is 2.33 bits per heavy atom. The molecule has 82 valence electrons. The van der Waals surface area contributed by atoms with Crippen LogP contribution >= 0.6 is 11.6 Å². The molecule has 0 unspecified atom stereocenters. The molecule has 0 aromatic carbocycles. The van der Waals surface area contributed by atoms with Gasteiger partial charge in [-0.2, -0.15) is 8.78 Å². The van der Waals surface area contributed by atoms with Crippen molar-refractivity contribution in [3.8, 4) is 5.75 Å². The number of carboxylic acid groups (broad SMARTS) is 1. The van der Waals surface area contributed by atoms with Gasteiger partial charge in [0.05, 0.1) is 6.42 Å². The van der Waals surface area contributed by atoms with Gasteiger partial charge in [0.1, 0.15) is 0 Å². The van der Waals surface area contributed by atoms with Gasteiger partial charge in [0.15, 0.2) is 10.9 Å². The average Bonchev–Trinajstić information content (AvgIpc) is 2.09. The molecule has 15 heavy (non-hydrogen) atoms. The summed E-state index contributed by atoms with van der Waals surface area (Å²) in [5, 5.41) is 8.23. The second-order valence-corrected chi connectivity index (χ2v) is 2.90. The predicted octanol–water partition coefficient (Wildman–Crippen LogP) is 1.96. The number of hydrogen-bond acceptors (Lipinski definition) is 3. The van der Waals surface area contributed by atoms with Gasteiger partial charge in [-0.1, -0.05) is 11.6 Å². The maximum Gasteiger partial charge on any atom is 0.387 e. The fraction of sp³-hybridized carbons (Fsp3) is 0.250. The SMILES string of the molecule is O=C(O)Cc1ccnc(Cl)c1OC(F)F. The van der Waals surface area contributed by atoms with Crippen LogP contribution < -0.4 is 4.74 Å². The number of carbonyl (C=O) groups is 1. The summed E-state index contributed by atoms with van der Waals surface area (Å²) in [5.74, 6) is -1.56. The van der Waals surface area contributed by atoms with Gasteiger partial charge in [0.2, 0.25) is 0 Å². The predicted molar refractivity (Wildman–Crippen MR) is 47.2 cm³/mol. The van der Waals surface area contributed by atoms with E-state index in [0.717, 1.165) is 0 Å². The minimum atomic E-state index is -3.07. The van der Waals surface area contributed by atoms with Crippen LogP contribution in [0.1, 0.15) is 5.56 Å². The normalized spacial score (nSPS) is 10.4. The average molecular weight is 238 g/mol. The molecule has 0 bridgehead atoms. The highest BCUT2D eigenvalue weighted by Gasteiger charge is 2.16. The van der Waals surface area contributed by atoms with Gasteiger partial charge in [0, 0.05) is 11.8 Å². The summed E-state index contributed by atoms with van der Waals surface area (Å²) < 4.78 is 28.0. The Hall–Kier alpha value is -1.43. The van der Waals surface area contributed by atoms with E-state index in [-0.39, 0.29) is 10.7 Å². The van der Waals surface area contributed by atoms with Crippen molar-refractivity contribution in [2.75, 3.05) is 0 Å². The van der Waals surface area contributed by atoms with E-state index < -0.39 is 24.8 Å². The third-order valence-corrected chi connectivity index (χ3v) is 1.76. The second-order valence-electron chi connectivity index (χ2n) is 2.54. The highest BCUT2D eigenvalue weighted by Crippen LogP contribution is 2.28. The lowest BCUT2D eigenvalue weighted by Gasteiger charge is -2.09. The molecule has 0 amide bonds. The fourth-order valence-corrected chi connectivity index (χ4v) is 1.20. The van der Waals surface area contributed by atoms with Crippen molar-refractivity contribution in [3.05, 3.63) is 23.0 Å². The molecule has 1 N–H and O–H groups in total. The second kappa shape index (κ2) is 4.88. The number of aromatic nitrogens is 1. The highest BCUT2D eigenvalue weighted by molar-refractivity contribution is 6.30. The van der Waals surface area contributed by atoms with E-state index in [4.69, 9.17) is 16.7 Å². The van der Waals surface area contributed by atoms with Crippen molar-refractivity contribution >= 4 is 17.6 Å². The lowest BCUT2D eigenvalue weighted by molar-refractivity contribution is -0.136. The van der Waals surface area contributed by atoms with Crippen LogP contribution in [0.4, 0.5) is 8.78 Å². The molecule has 1 heterocycles. The molecule has 0 atom stereocenters. The summed E-state index contributed by atoms with van der Waals surface area (Å²) in [6.45, 7) is -3.07. The zero-order valence-electron chi connectivity index (χ0n) is 7.28. The van der Waals surface area contributed by atoms with Crippen molar-refractivity contribution in [1.29, 1.82) is 0 Å². The van der Waals surface area contributed by atoms with Gasteiger partial charge in [-0.3, -0.25) is 4.79 Å². The van der Waals surface area contributed by atoms with Crippen LogP contribution in [0.2, 0.25) is 5.15 Å². The van der Waals surface area contributed by atoms with Crippen molar-refractivity contribution in [2.45, 2.75) is 13.0 Å². The van der Waals surface area contributed by atoms with Gasteiger partial charge >= 0.3 is 12.6 Å². The number of carboxylic acids is 1. The summed E-state index contributed by atoms with van der Waals surface area (Å²) in [6, 6.07) is 1.26. The molecule has 0 radical (unpaired) electrons. The van der Waals surface area contributed by atoms with Crippen LogP contribution in [-0.4, -0.2) is 22.7 Å². The Kier molecular flexibility index (Phi) is 3.79. The maximum absolute atomic E-state index is 12.0. The van der Waals surface area contributed by atoms with Gasteiger partial charge in [-0.25, -0.2) is 4.98 Å². The van der Waals surface area contributed by atoms with E-state index in [1.165, 1.54) is 12.3 Å². The summed E-state index contributed by atoms with van der Waals surface area (Å²) in [7, 11) is 0. The Balaban J connectivity index is 3.02. The molecule has 0 aliphatic carbocycles. The number of pyridine rings is 1. The molecule has 0 saturated heterocycles. The van der Waals surface area contributed by atoms with E-state index in [9.17, 15) is 13.6 Å². The van der Waals surface area contributed by atoms with E-state index in [2.05, 4.69) is 9.72 Å². The van der Waals surface area contributed by atoms with Crippen LogP contribution in [0.15, 0.2) is 12.3 Å². The molecule has 0 fully saturated rings. The van der Waals surface area contributed by atoms with Crippen molar-refractivity contribution in [1.82, 2.24) is 4.98 Å². The first kappa shape index (κ1) is 11.6. The number of ether oxygens (including phenoxy) is 1. The zero-order valence-corrected chi connectivity index (χ0v) is 8.04. The van der Waals surface area contributed by atoms with Crippen LogP contribution in [0.25, 0.3) is 0 Å². The number of halogens is 3. The zero-order chi connectivity index (χ0) is 11.4. The molecule has 7 heteroatoms. The van der Waals surface area contributed by atoms with E-state index in [1.807, 2.05) is 0 Å². The molecule has 1 rings (SSSR count). The van der Waals surface area contributed by atoms with E-state index in [1.54, 1.807) is 0 Å². The monoisotopic (exact) mass is 237 g/mol. The molecule has 1 aromatic rings. The third kappa shape index (κ3) is 3.32. The van der Waals surface area contributed by atoms with Crippen LogP contribution in [0, 0.1) is 0 Å². The van der Waals surface area contributed by atoms with Crippen molar-refractivity contribution in [2.24, 2.45) is 0 Å². The lowest BCUT2D eigenvalue weighted by atomic mass is 10.2. The first-order valence-corrected chi connectivity index (χ1v) is 4.18. The molecular weight excluding hydrogens is 232 g/mol. The Morgan fingerprint density at radius 1 is 1.67 bits per heavy atom. The molecule has 0 aliphatic rings. The van der Waals surface area contributed by atoms with E-state index in [0.29, 0.717) is 0 Å². The fourth-order valence-electron chi connectivity index (χ4n) is 0.975. The minimum Gasteiger partial charge on any atom is -0.481 e. The summed E-state index contributed by atoms with van der Waals surface area (Å²) >= 11 is 5.49. The number of rotatable bonds is 4. The van der Waals surface area contributed by atoms with Crippen molar-refractivity contribution in [3.63, 3.8) is 0 Å². The van der Waals surface area contributed by atoms with Crippen molar-refractivity contribution < 1.29 is 23.4 Å². The first-order valence-electron chi connectivity index (χ1n) is 3.80. The standard InChI is InChI=1S/C8H6ClF2NO3/c9-7-6(15-8(10)11)4(1-2-12-7)3-5(13)14/h1-2,8H,3H2,(H,13,14). The maximum atomic E-state index is 12.0. The summed E-state index contributed by atoms with van der Waals surface area (Å²) in [6.07, 6.45) is 0.767. The topological polar surface area (TPSA) is 59.4 Å². The Bertz CT molecular complexity index is 373. The largest absolute Gasteiger partial charge is 0.481 e. The number of hydrogen-bond donors (Lipinski definition) is 1. The smallest absolute Gasteiger partial charge is 0.387 e. The Morgan fingerprint density at radius 3 is 2.87 bits per heavy atom. The van der Waals surface area contributed by atoms with Gasteiger partial charge in [0.25, 0.3) is 0 Å². The molecule has 0 spiro atoms. The van der Waals surface area contributed by atoms with Gasteiger partial charge < -0.3 is 9.84 Å². The summed E-state index contributed by atoms with van der Waals surface area (Å²) in [5.41, 5.74) is 0.0581. The van der Waals surface area contributed by atoms with Crippen LogP contribution in [-0.2, 0) is 11.2 Å². The third-order valence-electron chi connectivity index (χ3n) is 1.49. The molecule has 0 aliphatic heterocycles. The van der Waals surface area contributed by atoms with Gasteiger partial charge in [-0.15, -0.1) is 0 Å². The number of nitrogens with zero attached hydrogens (tertiary/aromatic N) is 1. The highest BCUT2D eigenvalue weighted by atomic mass is 35.5. The molecule has 1 aromatic heterocycles. The lowest BCUT2D eigenvalue weighted by Crippen LogP contribution is -2.08. The Labute approximate surface area is 88.4 Å². The minimum absolute atomic E-state index is 0.0581. The molecular formula is C8H6ClF2NO3. The van der Waals surface area contributed by atoms with E-state index >= 15 is 0 Å². The summed E-state index contributed by atoms with van der Waals surface area (Å²) in [4.78, 5) is 13.9. The quantitative estimate of drug-likeness (QED) is 0.814. The number of aliphatic carboxylic acids is 1. The van der Waals surface area contributed by atoms with Gasteiger partial charge in [-0.05, 0) is 6.07 Å².